The summed E-state index contributed by atoms with van der Waals surface area (Å²) < 4.78 is 98.8. The maximum Gasteiger partial charge on any atom is 0.306 e. The Bertz CT molecular complexity index is 4210. The number of carboxylic acid groups (broad SMARTS) is 1. The Morgan fingerprint density at radius 2 is 0.939 bits per heavy atom. The van der Waals surface area contributed by atoms with Gasteiger partial charge in [0.1, 0.15) is 48.1 Å². The Morgan fingerprint density at radius 1 is 0.481 bits per heavy atom. The first-order chi connectivity index (χ1) is 62.8. The molecule has 3 heterocycles. The van der Waals surface area contributed by atoms with Crippen LogP contribution in [0.25, 0.3) is 0 Å². The minimum Gasteiger partial charge on any atom is -0.497 e. The molecule has 37 heteroatoms. The number of unbranched alkanes of at least 4 members (excludes halogenated alkanes) is 5. The molecule has 7 amide bonds. The number of benzene rings is 4. The van der Waals surface area contributed by atoms with Crippen LogP contribution in [0.5, 0.6) is 11.5 Å². The third kappa shape index (κ3) is 35.6. The fourth-order valence-corrected chi connectivity index (χ4v) is 15.7. The van der Waals surface area contributed by atoms with Crippen molar-refractivity contribution in [3.05, 3.63) is 125 Å². The Balaban J connectivity index is 0.852. The van der Waals surface area contributed by atoms with Gasteiger partial charge in [0.2, 0.25) is 29.5 Å². The highest BCUT2D eigenvalue weighted by molar-refractivity contribution is 6.03. The lowest BCUT2D eigenvalue weighted by molar-refractivity contribution is -0.264. The highest BCUT2D eigenvalue weighted by atomic mass is 16.7. The number of rotatable bonds is 60. The van der Waals surface area contributed by atoms with Crippen LogP contribution in [-0.2, 0) is 125 Å². The van der Waals surface area contributed by atoms with Crippen molar-refractivity contribution in [2.75, 3.05) is 165 Å². The van der Waals surface area contributed by atoms with Gasteiger partial charge in [-0.05, 0) is 78.4 Å². The number of nitrogens with zero attached hydrogens (tertiary/aromatic N) is 1. The van der Waals surface area contributed by atoms with Crippen molar-refractivity contribution >= 4 is 76.9 Å². The molecule has 131 heavy (non-hydrogen) atoms. The van der Waals surface area contributed by atoms with Crippen molar-refractivity contribution in [1.29, 1.82) is 0 Å². The van der Waals surface area contributed by atoms with Gasteiger partial charge >= 0.3 is 29.8 Å². The maximum atomic E-state index is 14.3. The normalized spacial score (nSPS) is 21.1. The van der Waals surface area contributed by atoms with E-state index < -0.39 is 126 Å². The van der Waals surface area contributed by atoms with Crippen molar-refractivity contribution in [1.82, 2.24) is 31.5 Å². The average Bonchev–Trinajstić information content (AvgIpc) is 1.72. The van der Waals surface area contributed by atoms with E-state index >= 15 is 0 Å². The fourth-order valence-electron chi connectivity index (χ4n) is 15.7. The summed E-state index contributed by atoms with van der Waals surface area (Å²) in [5.41, 5.74) is -0.257. The van der Waals surface area contributed by atoms with Crippen LogP contribution in [0.2, 0.25) is 0 Å². The van der Waals surface area contributed by atoms with Crippen LogP contribution in [0.4, 0.5) is 5.69 Å². The predicted molar refractivity (Wildman–Crippen MR) is 474 cm³/mol. The van der Waals surface area contributed by atoms with Crippen molar-refractivity contribution in [2.45, 2.75) is 195 Å². The predicted octanol–water partition coefficient (Wildman–Crippen LogP) is 7.31. The molecule has 3 aliphatic rings. The molecule has 0 radical (unpaired) electrons. The van der Waals surface area contributed by atoms with Crippen molar-refractivity contribution in [3.63, 3.8) is 0 Å². The topological polar surface area (TPSA) is 457 Å². The fraction of sp³-hybridized carbons (Fsp3) is 0.617. The van der Waals surface area contributed by atoms with E-state index in [1.807, 2.05) is 107 Å². The van der Waals surface area contributed by atoms with E-state index in [2.05, 4.69) is 31.9 Å². The second kappa shape index (κ2) is 56.5. The minimum atomic E-state index is -1.20. The summed E-state index contributed by atoms with van der Waals surface area (Å²) in [6, 6.07) is 27.8. The van der Waals surface area contributed by atoms with Gasteiger partial charge in [-0.3, -0.25) is 57.5 Å². The van der Waals surface area contributed by atoms with E-state index in [1.54, 1.807) is 26.0 Å². The molecule has 0 spiro atoms. The number of anilines is 1. The van der Waals surface area contributed by atoms with Crippen LogP contribution >= 0.6 is 0 Å². The Hall–Kier alpha value is -10.3. The summed E-state index contributed by atoms with van der Waals surface area (Å²) >= 11 is 0. The average molecular weight is 1840 g/mol. The number of carbonyl (C=O) groups is 12. The number of likely N-dealkylation sites (tertiary alicyclic amines) is 1. The standard InChI is InChI=1S/C94H135N7O30/c1-13-77-62(2)87(129-68(8)106)85(99-65(5)103)91(130-77)124-52-50-122-48-46-120-44-42-118-40-38-96-89(114)70-53-69(88(113)95-37-39-117-41-43-119-45-47-121-49-51-123-90-84(98-64(4)102)63(3)86(128-67(7)105)78(131-90)57-125-66(6)104)54-74(55-70)100-80(108)56-97-79(107)25-21-16-14-15-17-22-26-81(109)101-58-92(9,60-126-83(112)36-35-82(110)111)93(10,59-101)61-127-94(71-23-19-18-20-24-71,72-27-31-75(115-11)32-28-72)73-29-33-76(116-12)34-30-73/h18-20,23-24,27-34,53-55,62-63,77-78,84-87,90-91H,13-17,21-22,25-26,35-52,56-61H2,1-12H3,(H,95,113)(H,96,114)(H,97,107)(H,98,102)(H,99,103)(H,100,108)(H,110,111)/t62-,63+,77+,78+,84+,85+,86+,87-,90?,91?,92?,93?/m0/s1. The number of carboxylic acids is 1. The Morgan fingerprint density at radius 3 is 1.43 bits per heavy atom. The lowest BCUT2D eigenvalue weighted by atomic mass is 9.68. The highest BCUT2D eigenvalue weighted by Crippen LogP contribution is 2.51. The summed E-state index contributed by atoms with van der Waals surface area (Å²) in [5, 5.41) is 25.8. The van der Waals surface area contributed by atoms with Gasteiger partial charge < -0.3 is 122 Å². The molecular formula is C94H135N7O30. The van der Waals surface area contributed by atoms with E-state index in [4.69, 9.17) is 80.5 Å². The van der Waals surface area contributed by atoms with Gasteiger partial charge in [0.15, 0.2) is 12.6 Å². The zero-order valence-electron chi connectivity index (χ0n) is 77.6. The number of amides is 7. The molecule has 37 nitrogen and oxygen atoms in total. The van der Waals surface area contributed by atoms with E-state index in [0.29, 0.717) is 37.2 Å². The van der Waals surface area contributed by atoms with Gasteiger partial charge in [0.05, 0.1) is 151 Å². The molecule has 12 atom stereocenters. The number of esters is 4. The maximum absolute atomic E-state index is 14.3. The first-order valence-corrected chi connectivity index (χ1v) is 44.8. The van der Waals surface area contributed by atoms with Gasteiger partial charge in [-0.15, -0.1) is 0 Å². The molecule has 726 valence electrons. The van der Waals surface area contributed by atoms with E-state index in [9.17, 15) is 62.6 Å². The Labute approximate surface area is 766 Å². The highest BCUT2D eigenvalue weighted by Gasteiger charge is 2.56. The van der Waals surface area contributed by atoms with Crippen LogP contribution in [0.3, 0.4) is 0 Å². The molecule has 4 aromatic carbocycles. The smallest absolute Gasteiger partial charge is 0.306 e. The molecule has 3 fully saturated rings. The third-order valence-corrected chi connectivity index (χ3v) is 22.9. The number of ether oxygens (including phenoxy) is 17. The lowest BCUT2D eigenvalue weighted by Crippen LogP contribution is -2.62. The van der Waals surface area contributed by atoms with Gasteiger partial charge in [-0.2, -0.15) is 0 Å². The molecule has 4 aromatic rings. The number of aliphatic carboxylic acids is 1. The molecule has 7 N–H and O–H groups in total. The van der Waals surface area contributed by atoms with E-state index in [0.717, 1.165) is 36.0 Å². The zero-order chi connectivity index (χ0) is 95.3. The summed E-state index contributed by atoms with van der Waals surface area (Å²) in [4.78, 5) is 154. The number of carbonyl (C=O) groups excluding carboxylic acids is 11. The van der Waals surface area contributed by atoms with Crippen LogP contribution in [-0.4, -0.2) is 290 Å². The largest absolute Gasteiger partial charge is 0.497 e. The van der Waals surface area contributed by atoms with Crippen LogP contribution < -0.4 is 41.4 Å². The second-order valence-corrected chi connectivity index (χ2v) is 33.0. The van der Waals surface area contributed by atoms with Crippen molar-refractivity contribution in [2.24, 2.45) is 22.7 Å². The number of methoxy groups -OCH3 is 2. The molecule has 7 rings (SSSR count). The third-order valence-electron chi connectivity index (χ3n) is 22.9. The molecule has 0 aliphatic carbocycles. The van der Waals surface area contributed by atoms with Crippen LogP contribution in [0.1, 0.15) is 177 Å². The SMILES string of the molecule is CC[C@H]1OC(OCCOCCOCCOCCNC(=O)c2cc(NC(=O)CNC(=O)CCCCCCCCC(=O)N3CC(C)(COC(=O)CCC(=O)O)C(C)(COC(c4ccccc4)(c4ccc(OC)cc4)c4ccc(OC)cc4)C3)cc(C(=O)NCCOCCOCCOCCOC3O[C@H](COC(C)=O)[C@H](OC(C)=O)[C@H](C)[C@H]3NC(C)=O)c2)[C@H](NC(C)=O)[C@@H](OC(C)=O)[C@H]1C. The minimum absolute atomic E-state index is 0.0305. The molecule has 0 bridgehead atoms. The molecular weight excluding hydrogens is 1710 g/mol. The number of nitrogens with one attached hydrogen (secondary N) is 6. The summed E-state index contributed by atoms with van der Waals surface area (Å²) in [6.07, 6.45) is -0.0570. The Kier molecular flexibility index (Phi) is 46.5. The quantitative estimate of drug-likeness (QED) is 0.00985. The van der Waals surface area contributed by atoms with Crippen LogP contribution in [0, 0.1) is 22.7 Å². The zero-order valence-corrected chi connectivity index (χ0v) is 77.6. The lowest BCUT2D eigenvalue weighted by Gasteiger charge is -2.44. The van der Waals surface area contributed by atoms with Crippen molar-refractivity contribution < 1.29 is 143 Å². The van der Waals surface area contributed by atoms with Gasteiger partial charge in [0.25, 0.3) is 11.8 Å². The first-order valence-electron chi connectivity index (χ1n) is 44.8. The van der Waals surface area contributed by atoms with Gasteiger partial charge in [-0.25, -0.2) is 0 Å². The molecule has 0 saturated carbocycles. The molecule has 4 unspecified atom stereocenters. The first kappa shape index (κ1) is 108. The van der Waals surface area contributed by atoms with Crippen LogP contribution in [0.15, 0.2) is 97.1 Å². The van der Waals surface area contributed by atoms with Gasteiger partial charge in [0, 0.05) is 113 Å². The van der Waals surface area contributed by atoms with Gasteiger partial charge in [-0.1, -0.05) is 115 Å². The summed E-state index contributed by atoms with van der Waals surface area (Å²) in [7, 11) is 3.19. The molecule has 3 aliphatic heterocycles. The van der Waals surface area contributed by atoms with E-state index in [1.165, 1.54) is 52.8 Å². The second-order valence-electron chi connectivity index (χ2n) is 33.0. The summed E-state index contributed by atoms with van der Waals surface area (Å²) in [5.74, 6) is -5.70. The monoisotopic (exact) mass is 1840 g/mol. The molecule has 0 aromatic heterocycles. The van der Waals surface area contributed by atoms with Crippen molar-refractivity contribution in [3.8, 4) is 11.5 Å². The summed E-state index contributed by atoms with van der Waals surface area (Å²) in [6.45, 7) is 18.3. The molecule has 3 saturated heterocycles. The number of hydrogen-bond acceptors (Lipinski definition) is 29. The van der Waals surface area contributed by atoms with E-state index in [-0.39, 0.29) is 210 Å². The number of hydrogen-bond donors (Lipinski definition) is 7.